The lowest BCUT2D eigenvalue weighted by molar-refractivity contribution is -0.914. The van der Waals surface area contributed by atoms with Crippen LogP contribution in [0.1, 0.15) is 45.4 Å². The second-order valence-corrected chi connectivity index (χ2v) is 7.16. The molecule has 1 N–H and O–H groups in total. The Kier molecular flexibility index (Phi) is 10.7. The molecular formula is C20H33BrN2O3. The third-order valence-corrected chi connectivity index (χ3v) is 4.89. The van der Waals surface area contributed by atoms with Gasteiger partial charge in [-0.3, -0.25) is 5.32 Å². The first-order valence-corrected chi connectivity index (χ1v) is 9.62. The summed E-state index contributed by atoms with van der Waals surface area (Å²) in [6.07, 6.45) is 6.78. The van der Waals surface area contributed by atoms with Crippen molar-refractivity contribution in [3.63, 3.8) is 0 Å². The minimum absolute atomic E-state index is 0. The summed E-state index contributed by atoms with van der Waals surface area (Å²) in [6, 6.07) is 7.51. The van der Waals surface area contributed by atoms with E-state index in [9.17, 15) is 4.79 Å². The molecule has 1 aliphatic rings. The summed E-state index contributed by atoms with van der Waals surface area (Å²) < 4.78 is 12.2. The number of piperidine rings is 1. The number of quaternary nitrogens is 1. The first-order chi connectivity index (χ1) is 12.1. The van der Waals surface area contributed by atoms with Gasteiger partial charge in [0.1, 0.15) is 18.9 Å². The second kappa shape index (κ2) is 12.2. The lowest BCUT2D eigenvalue weighted by Crippen LogP contribution is -3.00. The molecule has 1 aliphatic heterocycles. The molecule has 1 aromatic rings. The normalized spacial score (nSPS) is 15.6. The highest BCUT2D eigenvalue weighted by atomic mass is 79.9. The maximum atomic E-state index is 12.1. The van der Waals surface area contributed by atoms with E-state index in [1.807, 2.05) is 24.3 Å². The van der Waals surface area contributed by atoms with Crippen LogP contribution in [0.3, 0.4) is 0 Å². The third kappa shape index (κ3) is 7.96. The van der Waals surface area contributed by atoms with Gasteiger partial charge in [0.05, 0.1) is 32.4 Å². The second-order valence-electron chi connectivity index (χ2n) is 7.16. The molecule has 148 valence electrons. The molecule has 0 aromatic heterocycles. The maximum Gasteiger partial charge on any atom is 0.411 e. The zero-order valence-corrected chi connectivity index (χ0v) is 17.7. The lowest BCUT2D eigenvalue weighted by atomic mass is 10.1. The van der Waals surface area contributed by atoms with Gasteiger partial charge in [-0.1, -0.05) is 31.9 Å². The molecule has 1 amide bonds. The van der Waals surface area contributed by atoms with E-state index in [4.69, 9.17) is 9.47 Å². The van der Waals surface area contributed by atoms with E-state index in [0.29, 0.717) is 24.7 Å². The van der Waals surface area contributed by atoms with Crippen molar-refractivity contribution >= 4 is 11.8 Å². The molecule has 1 heterocycles. The molecule has 5 nitrogen and oxygen atoms in total. The largest absolute Gasteiger partial charge is 1.00 e. The number of nitrogens with zero attached hydrogens (tertiary/aromatic N) is 1. The van der Waals surface area contributed by atoms with E-state index in [2.05, 4.69) is 19.3 Å². The number of anilines is 1. The number of likely N-dealkylation sites (tertiary alicyclic amines) is 1. The fourth-order valence-electron chi connectivity index (χ4n) is 3.23. The van der Waals surface area contributed by atoms with Crippen LogP contribution in [0.4, 0.5) is 10.5 Å². The maximum absolute atomic E-state index is 12.1. The highest BCUT2D eigenvalue weighted by Crippen LogP contribution is 2.24. The number of hydrogen-bond acceptors (Lipinski definition) is 3. The number of nitrogens with one attached hydrogen (secondary N) is 1. The number of para-hydroxylation sites is 2. The number of carbonyl (C=O) groups is 1. The predicted octanol–water partition coefficient (Wildman–Crippen LogP) is 1.44. The first-order valence-electron chi connectivity index (χ1n) is 9.62. The Balaban J connectivity index is 0.00000338. The van der Waals surface area contributed by atoms with Crippen molar-refractivity contribution in [2.75, 3.05) is 45.2 Å². The van der Waals surface area contributed by atoms with Gasteiger partial charge in [-0.15, -0.1) is 0 Å². The summed E-state index contributed by atoms with van der Waals surface area (Å²) in [5, 5.41) is 2.81. The summed E-state index contributed by atoms with van der Waals surface area (Å²) in [4.78, 5) is 12.1. The van der Waals surface area contributed by atoms with Crippen LogP contribution < -0.4 is 27.0 Å². The number of amides is 1. The van der Waals surface area contributed by atoms with Crippen molar-refractivity contribution in [2.45, 2.75) is 45.4 Å². The summed E-state index contributed by atoms with van der Waals surface area (Å²) in [5.41, 5.74) is 0.669. The molecular weight excluding hydrogens is 396 g/mol. The van der Waals surface area contributed by atoms with Crippen LogP contribution in [0.15, 0.2) is 24.3 Å². The Morgan fingerprint density at radius 2 is 1.85 bits per heavy atom. The van der Waals surface area contributed by atoms with Crippen molar-refractivity contribution in [1.29, 1.82) is 0 Å². The van der Waals surface area contributed by atoms with Crippen LogP contribution in [0, 0.1) is 0 Å². The number of halogens is 1. The molecule has 1 aromatic carbocycles. The predicted molar refractivity (Wildman–Crippen MR) is 101 cm³/mol. The minimum Gasteiger partial charge on any atom is -1.00 e. The van der Waals surface area contributed by atoms with E-state index < -0.39 is 6.09 Å². The highest BCUT2D eigenvalue weighted by molar-refractivity contribution is 5.86. The SMILES string of the molecule is CCCCCOc1ccccc1NC(=O)OCC[N+]1(C)CCCCC1.[Br-]. The van der Waals surface area contributed by atoms with Gasteiger partial charge >= 0.3 is 6.09 Å². The van der Waals surface area contributed by atoms with Crippen LogP contribution >= 0.6 is 0 Å². The van der Waals surface area contributed by atoms with Gasteiger partial charge < -0.3 is 30.9 Å². The van der Waals surface area contributed by atoms with Crippen molar-refractivity contribution in [3.8, 4) is 5.75 Å². The van der Waals surface area contributed by atoms with Gasteiger partial charge in [-0.05, 0) is 37.8 Å². The van der Waals surface area contributed by atoms with E-state index in [0.717, 1.165) is 30.3 Å². The summed E-state index contributed by atoms with van der Waals surface area (Å²) in [5.74, 6) is 0.700. The van der Waals surface area contributed by atoms with Crippen LogP contribution in [0.2, 0.25) is 0 Å². The number of unbranched alkanes of at least 4 members (excludes halogenated alkanes) is 2. The van der Waals surface area contributed by atoms with Gasteiger partial charge in [-0.25, -0.2) is 4.79 Å². The number of likely N-dealkylation sites (N-methyl/N-ethyl adjacent to an activating group) is 1. The fourth-order valence-corrected chi connectivity index (χ4v) is 3.23. The standard InChI is InChI=1S/C20H32N2O3.BrH/c1-3-4-10-16-24-19-12-7-6-11-18(19)21-20(23)25-17-15-22(2)13-8-5-9-14-22;/h6-7,11-12H,3-5,8-10,13-17H2,1-2H3;1H. The topological polar surface area (TPSA) is 47.6 Å². The Bertz CT molecular complexity index is 534. The van der Waals surface area contributed by atoms with Crippen molar-refractivity contribution < 1.29 is 35.7 Å². The quantitative estimate of drug-likeness (QED) is 0.478. The zero-order chi connectivity index (χ0) is 18.0. The van der Waals surface area contributed by atoms with Gasteiger partial charge in [-0.2, -0.15) is 0 Å². The van der Waals surface area contributed by atoms with Crippen LogP contribution in [-0.4, -0.2) is 50.5 Å². The Morgan fingerprint density at radius 3 is 2.58 bits per heavy atom. The van der Waals surface area contributed by atoms with E-state index in [-0.39, 0.29) is 17.0 Å². The molecule has 2 rings (SSSR count). The molecule has 1 saturated heterocycles. The van der Waals surface area contributed by atoms with Crippen molar-refractivity contribution in [3.05, 3.63) is 24.3 Å². The molecule has 0 unspecified atom stereocenters. The molecule has 0 saturated carbocycles. The van der Waals surface area contributed by atoms with Crippen molar-refractivity contribution in [2.24, 2.45) is 0 Å². The van der Waals surface area contributed by atoms with Crippen LogP contribution in [0.5, 0.6) is 5.75 Å². The highest BCUT2D eigenvalue weighted by Gasteiger charge is 2.24. The number of ether oxygens (including phenoxy) is 2. The van der Waals surface area contributed by atoms with Crippen LogP contribution in [0.25, 0.3) is 0 Å². The average molecular weight is 429 g/mol. The monoisotopic (exact) mass is 428 g/mol. The molecule has 0 aliphatic carbocycles. The fraction of sp³-hybridized carbons (Fsp3) is 0.650. The molecule has 0 bridgehead atoms. The Hall–Kier alpha value is -1.27. The molecule has 6 heteroatoms. The average Bonchev–Trinajstić information content (AvgIpc) is 2.60. The van der Waals surface area contributed by atoms with Crippen molar-refractivity contribution in [1.82, 2.24) is 0 Å². The van der Waals surface area contributed by atoms with E-state index in [1.165, 1.54) is 32.4 Å². The van der Waals surface area contributed by atoms with Gasteiger partial charge in [0.2, 0.25) is 0 Å². The number of hydrogen-bond donors (Lipinski definition) is 1. The number of rotatable bonds is 9. The van der Waals surface area contributed by atoms with Crippen LogP contribution in [-0.2, 0) is 4.74 Å². The van der Waals surface area contributed by atoms with Gasteiger partial charge in [0.25, 0.3) is 0 Å². The summed E-state index contributed by atoms with van der Waals surface area (Å²) in [6.45, 7) is 6.51. The molecule has 0 atom stereocenters. The Morgan fingerprint density at radius 1 is 1.12 bits per heavy atom. The van der Waals surface area contributed by atoms with E-state index >= 15 is 0 Å². The number of carbonyl (C=O) groups excluding carboxylic acids is 1. The summed E-state index contributed by atoms with van der Waals surface area (Å²) in [7, 11) is 2.25. The Labute approximate surface area is 168 Å². The molecule has 1 fully saturated rings. The smallest absolute Gasteiger partial charge is 0.411 e. The lowest BCUT2D eigenvalue weighted by Gasteiger charge is -2.37. The van der Waals surface area contributed by atoms with Gasteiger partial charge in [0.15, 0.2) is 0 Å². The molecule has 26 heavy (non-hydrogen) atoms. The molecule has 0 radical (unpaired) electrons. The molecule has 0 spiro atoms. The zero-order valence-electron chi connectivity index (χ0n) is 16.1. The minimum atomic E-state index is -0.409. The summed E-state index contributed by atoms with van der Waals surface area (Å²) >= 11 is 0. The van der Waals surface area contributed by atoms with E-state index in [1.54, 1.807) is 0 Å². The third-order valence-electron chi connectivity index (χ3n) is 4.89. The number of benzene rings is 1. The van der Waals surface area contributed by atoms with Gasteiger partial charge in [0, 0.05) is 0 Å². The first kappa shape index (κ1) is 22.8.